The second-order valence-electron chi connectivity index (χ2n) is 6.00. The zero-order valence-electron chi connectivity index (χ0n) is 14.6. The van der Waals surface area contributed by atoms with Gasteiger partial charge < -0.3 is 4.74 Å². The Bertz CT molecular complexity index is 528. The van der Waals surface area contributed by atoms with Crippen LogP contribution >= 0.6 is 0 Å². The second-order valence-corrected chi connectivity index (χ2v) is 6.00. The van der Waals surface area contributed by atoms with Gasteiger partial charge in [-0.3, -0.25) is 9.59 Å². The molecule has 0 bridgehead atoms. The predicted molar refractivity (Wildman–Crippen MR) is 96.3 cm³/mol. The summed E-state index contributed by atoms with van der Waals surface area (Å²) < 4.78 is 5.31. The lowest BCUT2D eigenvalue weighted by Crippen LogP contribution is -2.10. The molecule has 0 aromatic heterocycles. The van der Waals surface area contributed by atoms with E-state index in [4.69, 9.17) is 11.2 Å². The molecule has 1 unspecified atom stereocenters. The van der Waals surface area contributed by atoms with Crippen LogP contribution in [0.1, 0.15) is 76.4 Å². The summed E-state index contributed by atoms with van der Waals surface area (Å²) in [7, 11) is 0. The summed E-state index contributed by atoms with van der Waals surface area (Å²) in [5.41, 5.74) is 0.788. The van der Waals surface area contributed by atoms with E-state index < -0.39 is 6.10 Å². The Morgan fingerprint density at radius 3 is 2.33 bits per heavy atom. The number of ether oxygens (including phenoxy) is 1. The lowest BCUT2D eigenvalue weighted by Gasteiger charge is -2.12. The van der Waals surface area contributed by atoms with Crippen molar-refractivity contribution in [3.8, 4) is 12.3 Å². The molecule has 0 N–H and O–H groups in total. The molecule has 0 radical (unpaired) electrons. The Labute approximate surface area is 145 Å². The highest BCUT2D eigenvalue weighted by Gasteiger charge is 2.14. The second kappa shape index (κ2) is 12.4. The first-order valence-electron chi connectivity index (χ1n) is 8.89. The first-order chi connectivity index (χ1) is 11.7. The molecule has 1 aromatic carbocycles. The third-order valence-corrected chi connectivity index (χ3v) is 3.90. The van der Waals surface area contributed by atoms with Gasteiger partial charge in [0, 0.05) is 24.8 Å². The number of Topliss-reactive ketones (excluding diaryl/α,β-unsaturated/α-hetero) is 1. The normalized spacial score (nSPS) is 11.5. The Balaban J connectivity index is 2.19. The lowest BCUT2D eigenvalue weighted by atomic mass is 10.1. The summed E-state index contributed by atoms with van der Waals surface area (Å²) in [6.45, 7) is 2.17. The molecule has 24 heavy (non-hydrogen) atoms. The fourth-order valence-electron chi connectivity index (χ4n) is 2.50. The molecule has 130 valence electrons. The maximum Gasteiger partial charge on any atom is 0.307 e. The number of hydrogen-bond donors (Lipinski definition) is 0. The van der Waals surface area contributed by atoms with Gasteiger partial charge in [0.2, 0.25) is 0 Å². The summed E-state index contributed by atoms with van der Waals surface area (Å²) in [5, 5.41) is 0. The van der Waals surface area contributed by atoms with Gasteiger partial charge >= 0.3 is 5.97 Å². The van der Waals surface area contributed by atoms with E-state index in [2.05, 4.69) is 12.8 Å². The van der Waals surface area contributed by atoms with Gasteiger partial charge in [0.05, 0.1) is 0 Å². The van der Waals surface area contributed by atoms with Gasteiger partial charge in [0.15, 0.2) is 6.10 Å². The molecule has 0 aliphatic rings. The summed E-state index contributed by atoms with van der Waals surface area (Å²) in [6, 6.07) is 9.26. The van der Waals surface area contributed by atoms with E-state index in [9.17, 15) is 9.59 Å². The van der Waals surface area contributed by atoms with Crippen molar-refractivity contribution in [3.05, 3.63) is 35.9 Å². The summed E-state index contributed by atoms with van der Waals surface area (Å²) in [5.74, 6) is 2.37. The smallest absolute Gasteiger partial charge is 0.307 e. The topological polar surface area (TPSA) is 43.4 Å². The van der Waals surface area contributed by atoms with Crippen molar-refractivity contribution in [1.82, 2.24) is 0 Å². The number of terminal acetylenes is 1. The van der Waals surface area contributed by atoms with Crippen LogP contribution in [0.15, 0.2) is 30.3 Å². The SMILES string of the molecule is C#CC(OC(=O)CCCC(=O)CCCCCCC)c1ccccc1. The number of benzene rings is 1. The van der Waals surface area contributed by atoms with E-state index in [0.29, 0.717) is 19.3 Å². The van der Waals surface area contributed by atoms with Crippen molar-refractivity contribution in [1.29, 1.82) is 0 Å². The molecule has 0 fully saturated rings. The first kappa shape index (κ1) is 20.0. The van der Waals surface area contributed by atoms with Crippen LogP contribution in [0.5, 0.6) is 0 Å². The Morgan fingerprint density at radius 2 is 1.67 bits per heavy atom. The van der Waals surface area contributed by atoms with Gasteiger partial charge in [-0.25, -0.2) is 0 Å². The molecule has 0 spiro atoms. The number of carbonyl (C=O) groups is 2. The van der Waals surface area contributed by atoms with E-state index in [-0.39, 0.29) is 18.2 Å². The van der Waals surface area contributed by atoms with Gasteiger partial charge in [-0.1, -0.05) is 68.9 Å². The van der Waals surface area contributed by atoms with Crippen molar-refractivity contribution in [2.45, 2.75) is 70.8 Å². The highest BCUT2D eigenvalue weighted by molar-refractivity contribution is 5.79. The molecule has 0 heterocycles. The van der Waals surface area contributed by atoms with Crippen molar-refractivity contribution >= 4 is 11.8 Å². The number of hydrogen-bond acceptors (Lipinski definition) is 3. The van der Waals surface area contributed by atoms with Crippen LogP contribution < -0.4 is 0 Å². The van der Waals surface area contributed by atoms with E-state index in [1.807, 2.05) is 30.3 Å². The molecule has 1 rings (SSSR count). The van der Waals surface area contributed by atoms with Crippen LogP contribution in [-0.4, -0.2) is 11.8 Å². The Morgan fingerprint density at radius 1 is 1.00 bits per heavy atom. The highest BCUT2D eigenvalue weighted by atomic mass is 16.5. The number of esters is 1. The zero-order valence-corrected chi connectivity index (χ0v) is 14.6. The molecule has 0 aliphatic carbocycles. The number of unbranched alkanes of at least 4 members (excludes halogenated alkanes) is 4. The van der Waals surface area contributed by atoms with Gasteiger partial charge in [-0.15, -0.1) is 6.42 Å². The molecule has 0 saturated heterocycles. The lowest BCUT2D eigenvalue weighted by molar-refractivity contribution is -0.146. The molecular weight excluding hydrogens is 300 g/mol. The van der Waals surface area contributed by atoms with Crippen LogP contribution in [0.25, 0.3) is 0 Å². The van der Waals surface area contributed by atoms with Crippen LogP contribution in [0.3, 0.4) is 0 Å². The molecule has 0 saturated carbocycles. The van der Waals surface area contributed by atoms with Crippen molar-refractivity contribution in [2.75, 3.05) is 0 Å². The van der Waals surface area contributed by atoms with Crippen molar-refractivity contribution in [3.63, 3.8) is 0 Å². The van der Waals surface area contributed by atoms with Crippen LogP contribution in [0.4, 0.5) is 0 Å². The van der Waals surface area contributed by atoms with Gasteiger partial charge in [0.25, 0.3) is 0 Å². The fourth-order valence-corrected chi connectivity index (χ4v) is 2.50. The summed E-state index contributed by atoms with van der Waals surface area (Å²) in [6.07, 6.45) is 12.3. The standard InChI is InChI=1S/C21H28O3/c1-3-5-6-7-11-15-19(22)16-12-17-21(23)24-20(4-2)18-13-9-8-10-14-18/h2,8-10,13-14,20H,3,5-7,11-12,15-17H2,1H3. The molecule has 0 aliphatic heterocycles. The maximum atomic E-state index is 11.9. The van der Waals surface area contributed by atoms with Crippen molar-refractivity contribution in [2.24, 2.45) is 0 Å². The summed E-state index contributed by atoms with van der Waals surface area (Å²) in [4.78, 5) is 23.6. The van der Waals surface area contributed by atoms with Gasteiger partial charge in [0.1, 0.15) is 5.78 Å². The van der Waals surface area contributed by atoms with Gasteiger partial charge in [-0.2, -0.15) is 0 Å². The quantitative estimate of drug-likeness (QED) is 0.308. The fraction of sp³-hybridized carbons (Fsp3) is 0.524. The number of rotatable bonds is 12. The minimum atomic E-state index is -0.659. The van der Waals surface area contributed by atoms with E-state index >= 15 is 0 Å². The molecular formula is C21H28O3. The molecule has 3 nitrogen and oxygen atoms in total. The molecule has 1 atom stereocenters. The number of ketones is 1. The highest BCUT2D eigenvalue weighted by Crippen LogP contribution is 2.17. The van der Waals surface area contributed by atoms with Crippen LogP contribution in [-0.2, 0) is 14.3 Å². The molecule has 1 aromatic rings. The zero-order chi connectivity index (χ0) is 17.6. The van der Waals surface area contributed by atoms with Crippen LogP contribution in [0.2, 0.25) is 0 Å². The van der Waals surface area contributed by atoms with Crippen molar-refractivity contribution < 1.29 is 14.3 Å². The average molecular weight is 328 g/mol. The summed E-state index contributed by atoms with van der Waals surface area (Å²) >= 11 is 0. The molecule has 0 amide bonds. The minimum Gasteiger partial charge on any atom is -0.444 e. The number of carbonyl (C=O) groups excluding carboxylic acids is 2. The predicted octanol–water partition coefficient (Wildman–Crippen LogP) is 5.00. The first-order valence-corrected chi connectivity index (χ1v) is 8.89. The molecule has 3 heteroatoms. The Hall–Kier alpha value is -2.08. The third kappa shape index (κ3) is 8.53. The Kier molecular flexibility index (Phi) is 10.3. The van der Waals surface area contributed by atoms with E-state index in [1.165, 1.54) is 19.3 Å². The van der Waals surface area contributed by atoms with Gasteiger partial charge in [-0.05, 0) is 12.8 Å². The van der Waals surface area contributed by atoms with E-state index in [0.717, 1.165) is 18.4 Å². The third-order valence-electron chi connectivity index (χ3n) is 3.90. The largest absolute Gasteiger partial charge is 0.444 e. The maximum absolute atomic E-state index is 11.9. The van der Waals surface area contributed by atoms with E-state index in [1.54, 1.807) is 0 Å². The minimum absolute atomic E-state index is 0.229. The average Bonchev–Trinajstić information content (AvgIpc) is 2.60. The monoisotopic (exact) mass is 328 g/mol. The van der Waals surface area contributed by atoms with Crippen LogP contribution in [0, 0.1) is 12.3 Å².